The van der Waals surface area contributed by atoms with Gasteiger partial charge in [-0.05, 0) is 42.0 Å². The Morgan fingerprint density at radius 2 is 1.86 bits per heavy atom. The summed E-state index contributed by atoms with van der Waals surface area (Å²) in [5, 5.41) is 3.08. The van der Waals surface area contributed by atoms with Crippen LogP contribution in [0.2, 0.25) is 0 Å². The maximum atomic E-state index is 13.2. The Balaban J connectivity index is 1.44. The van der Waals surface area contributed by atoms with Gasteiger partial charge in [0.1, 0.15) is 30.2 Å². The summed E-state index contributed by atoms with van der Waals surface area (Å²) >= 11 is 0. The van der Waals surface area contributed by atoms with E-state index < -0.39 is 17.8 Å². The van der Waals surface area contributed by atoms with E-state index in [-0.39, 0.29) is 41.7 Å². The number of alkyl halides is 3. The lowest BCUT2D eigenvalue weighted by atomic mass is 10.1. The number of hydrogen-bond donors (Lipinski definition) is 2. The minimum atomic E-state index is -4.63. The summed E-state index contributed by atoms with van der Waals surface area (Å²) in [4.78, 5) is 21.0. The monoisotopic (exact) mass is 514 g/mol. The molecule has 0 atom stereocenters. The van der Waals surface area contributed by atoms with Crippen molar-refractivity contribution in [2.75, 3.05) is 20.3 Å². The smallest absolute Gasteiger partial charge is 0.433 e. The van der Waals surface area contributed by atoms with Crippen molar-refractivity contribution in [2.45, 2.75) is 19.3 Å². The van der Waals surface area contributed by atoms with Crippen LogP contribution in [0.25, 0.3) is 22.4 Å². The first-order chi connectivity index (χ1) is 17.8. The number of hydrogen-bond acceptors (Lipinski definition) is 8. The molecule has 0 fully saturated rings. The van der Waals surface area contributed by atoms with Crippen LogP contribution in [0.1, 0.15) is 27.5 Å². The molecule has 3 N–H and O–H groups in total. The van der Waals surface area contributed by atoms with Crippen molar-refractivity contribution in [1.82, 2.24) is 15.3 Å². The van der Waals surface area contributed by atoms with Gasteiger partial charge in [-0.1, -0.05) is 6.07 Å². The number of nitrogens with one attached hydrogen (secondary N) is 1. The molecule has 0 bridgehead atoms. The number of pyridine rings is 1. The van der Waals surface area contributed by atoms with Gasteiger partial charge < -0.3 is 29.7 Å². The average molecular weight is 514 g/mol. The average Bonchev–Trinajstić information content (AvgIpc) is 3.34. The zero-order chi connectivity index (χ0) is 26.2. The van der Waals surface area contributed by atoms with Crippen molar-refractivity contribution in [1.29, 1.82) is 0 Å². The summed E-state index contributed by atoms with van der Waals surface area (Å²) in [6, 6.07) is 10.5. The zero-order valence-corrected chi connectivity index (χ0v) is 19.5. The predicted octanol–water partition coefficient (Wildman–Crippen LogP) is 4.08. The highest BCUT2D eigenvalue weighted by Gasteiger charge is 2.33. The lowest BCUT2D eigenvalue weighted by Crippen LogP contribution is -2.25. The number of carbonyl (C=O) groups is 1. The molecule has 4 aromatic rings. The molecular weight excluding hydrogens is 493 g/mol. The quantitative estimate of drug-likeness (QED) is 0.395. The van der Waals surface area contributed by atoms with Gasteiger partial charge in [0.2, 0.25) is 5.89 Å². The molecular formula is C25H21F3N4O5. The van der Waals surface area contributed by atoms with E-state index in [9.17, 15) is 18.0 Å². The second-order valence-corrected chi connectivity index (χ2v) is 8.06. The van der Waals surface area contributed by atoms with Crippen LogP contribution in [0.4, 0.5) is 13.2 Å². The van der Waals surface area contributed by atoms with Crippen LogP contribution in [0.5, 0.6) is 17.2 Å². The number of oxazole rings is 1. The van der Waals surface area contributed by atoms with E-state index in [0.717, 1.165) is 11.6 Å². The van der Waals surface area contributed by atoms with Crippen LogP contribution in [0.15, 0.2) is 46.9 Å². The molecule has 192 valence electrons. The summed E-state index contributed by atoms with van der Waals surface area (Å²) in [6.07, 6.45) is -4.63. The number of aromatic nitrogens is 2. The number of ether oxygens (including phenoxy) is 3. The highest BCUT2D eigenvalue weighted by molar-refractivity contribution is 5.98. The number of benzene rings is 2. The normalized spacial score (nSPS) is 13.0. The van der Waals surface area contributed by atoms with E-state index in [0.29, 0.717) is 35.7 Å². The van der Waals surface area contributed by atoms with Gasteiger partial charge in [0.05, 0.1) is 13.7 Å². The van der Waals surface area contributed by atoms with Crippen LogP contribution < -0.4 is 25.3 Å². The first-order valence-electron chi connectivity index (χ1n) is 11.2. The van der Waals surface area contributed by atoms with Gasteiger partial charge in [0.25, 0.3) is 5.91 Å². The summed E-state index contributed by atoms with van der Waals surface area (Å²) < 4.78 is 61.7. The highest BCUT2D eigenvalue weighted by atomic mass is 19.4. The van der Waals surface area contributed by atoms with E-state index in [4.69, 9.17) is 24.4 Å². The van der Waals surface area contributed by atoms with Crippen molar-refractivity contribution in [3.8, 4) is 28.7 Å². The van der Waals surface area contributed by atoms with Crippen molar-refractivity contribution in [3.05, 3.63) is 65.2 Å². The largest absolute Gasteiger partial charge is 0.494 e. The Hall–Kier alpha value is -4.32. The van der Waals surface area contributed by atoms with E-state index in [1.54, 1.807) is 24.3 Å². The Morgan fingerprint density at radius 3 is 2.59 bits per heavy atom. The fourth-order valence-corrected chi connectivity index (χ4v) is 3.95. The molecule has 1 aliphatic rings. The van der Waals surface area contributed by atoms with Crippen LogP contribution in [0.3, 0.4) is 0 Å². The SMILES string of the molecule is COc1ccc(-c2nc(C(=O)NCc3ccc4c(c3)OCCO4)c(CN)o2)c2ccc(C(F)(F)F)nc12. The Bertz CT molecular complexity index is 1490. The van der Waals surface area contributed by atoms with Gasteiger partial charge in [-0.15, -0.1) is 0 Å². The molecule has 2 aromatic heterocycles. The minimum Gasteiger partial charge on any atom is -0.494 e. The lowest BCUT2D eigenvalue weighted by Gasteiger charge is -2.18. The third-order valence-corrected chi connectivity index (χ3v) is 5.72. The second-order valence-electron chi connectivity index (χ2n) is 8.06. The second kappa shape index (κ2) is 9.62. The molecule has 9 nitrogen and oxygen atoms in total. The molecule has 0 radical (unpaired) electrons. The minimum absolute atomic E-state index is 0.0131. The summed E-state index contributed by atoms with van der Waals surface area (Å²) in [5.74, 6) is 0.987. The molecule has 1 amide bonds. The Labute approximate surface area is 208 Å². The van der Waals surface area contributed by atoms with Gasteiger partial charge in [-0.25, -0.2) is 9.97 Å². The number of rotatable bonds is 6. The fraction of sp³-hybridized carbons (Fsp3) is 0.240. The molecule has 1 aliphatic heterocycles. The molecule has 0 unspecified atom stereocenters. The maximum Gasteiger partial charge on any atom is 0.433 e. The predicted molar refractivity (Wildman–Crippen MR) is 125 cm³/mol. The Morgan fingerprint density at radius 1 is 1.08 bits per heavy atom. The van der Waals surface area contributed by atoms with Crippen LogP contribution in [-0.4, -0.2) is 36.2 Å². The number of nitrogens with two attached hydrogens (primary N) is 1. The highest BCUT2D eigenvalue weighted by Crippen LogP contribution is 2.37. The standard InChI is InChI=1S/C25H21F3N4O5/c1-34-17-6-3-15(14-4-7-20(25(26,27)28)31-21(14)17)24-32-22(19(11-29)37-24)23(33)30-12-13-2-5-16-18(10-13)36-9-8-35-16/h2-7,10H,8-9,11-12,29H2,1H3,(H,30,33). The van der Waals surface area contributed by atoms with Gasteiger partial charge in [-0.2, -0.15) is 13.2 Å². The number of halogens is 3. The molecule has 2 aromatic carbocycles. The molecule has 0 saturated carbocycles. The van der Waals surface area contributed by atoms with Crippen LogP contribution >= 0.6 is 0 Å². The summed E-state index contributed by atoms with van der Waals surface area (Å²) in [5.41, 5.74) is 5.78. The van der Waals surface area contributed by atoms with Gasteiger partial charge in [0, 0.05) is 17.5 Å². The number of methoxy groups -OCH3 is 1. The summed E-state index contributed by atoms with van der Waals surface area (Å²) in [7, 11) is 1.33. The molecule has 0 spiro atoms. The van der Waals surface area contributed by atoms with E-state index in [1.807, 2.05) is 0 Å². The van der Waals surface area contributed by atoms with Crippen molar-refractivity contribution in [2.24, 2.45) is 5.73 Å². The third-order valence-electron chi connectivity index (χ3n) is 5.72. The van der Waals surface area contributed by atoms with Crippen molar-refractivity contribution in [3.63, 3.8) is 0 Å². The van der Waals surface area contributed by atoms with Gasteiger partial charge in [-0.3, -0.25) is 4.79 Å². The summed E-state index contributed by atoms with van der Waals surface area (Å²) in [6.45, 7) is 0.974. The Kier molecular flexibility index (Phi) is 6.34. The van der Waals surface area contributed by atoms with Crippen molar-refractivity contribution < 1.29 is 36.6 Å². The fourth-order valence-electron chi connectivity index (χ4n) is 3.95. The first-order valence-corrected chi connectivity index (χ1v) is 11.2. The van der Waals surface area contributed by atoms with E-state index in [2.05, 4.69) is 15.3 Å². The molecule has 5 rings (SSSR count). The molecule has 0 aliphatic carbocycles. The molecule has 0 saturated heterocycles. The van der Waals surface area contributed by atoms with Gasteiger partial charge >= 0.3 is 6.18 Å². The van der Waals surface area contributed by atoms with E-state index >= 15 is 0 Å². The molecule has 37 heavy (non-hydrogen) atoms. The number of nitrogens with zero attached hydrogens (tertiary/aromatic N) is 2. The zero-order valence-electron chi connectivity index (χ0n) is 19.5. The number of amides is 1. The van der Waals surface area contributed by atoms with Crippen LogP contribution in [0, 0.1) is 0 Å². The lowest BCUT2D eigenvalue weighted by molar-refractivity contribution is -0.140. The van der Waals surface area contributed by atoms with Crippen LogP contribution in [-0.2, 0) is 19.3 Å². The van der Waals surface area contributed by atoms with Crippen molar-refractivity contribution >= 4 is 16.8 Å². The molecule has 3 heterocycles. The number of fused-ring (bicyclic) bond motifs is 2. The number of carbonyl (C=O) groups excluding carboxylic acids is 1. The molecule has 12 heteroatoms. The van der Waals surface area contributed by atoms with Gasteiger partial charge in [0.15, 0.2) is 23.0 Å². The maximum absolute atomic E-state index is 13.2. The third kappa shape index (κ3) is 4.75. The van der Waals surface area contributed by atoms with E-state index in [1.165, 1.54) is 19.2 Å². The topological polar surface area (TPSA) is 122 Å². The first kappa shape index (κ1) is 24.4.